The van der Waals surface area contributed by atoms with Crippen molar-refractivity contribution >= 4 is 31.9 Å². The predicted molar refractivity (Wildman–Crippen MR) is 90.2 cm³/mol. The molecule has 2 aromatic rings. The lowest BCUT2D eigenvalue weighted by Gasteiger charge is -2.12. The average Bonchev–Trinajstić information content (AvgIpc) is 3.08. The van der Waals surface area contributed by atoms with Gasteiger partial charge >= 0.3 is 0 Å². The van der Waals surface area contributed by atoms with Crippen molar-refractivity contribution in [1.29, 1.82) is 0 Å². The molecule has 5 heteroatoms. The Kier molecular flexibility index (Phi) is 4.82. The number of aliphatic hydroxyl groups excluding tert-OH is 1. The van der Waals surface area contributed by atoms with Crippen LogP contribution in [0.1, 0.15) is 49.1 Å². The summed E-state index contributed by atoms with van der Waals surface area (Å²) in [4.78, 5) is 0. The van der Waals surface area contributed by atoms with Crippen LogP contribution >= 0.6 is 31.9 Å². The Morgan fingerprint density at radius 2 is 2.00 bits per heavy atom. The SMILES string of the molecule is OC(Cc1ccn(C2CCCC2)n1)c1ccc(Br)cc1Br. The highest BCUT2D eigenvalue weighted by Crippen LogP contribution is 2.30. The van der Waals surface area contributed by atoms with Crippen LogP contribution in [-0.2, 0) is 6.42 Å². The Balaban J connectivity index is 1.70. The predicted octanol–water partition coefficient (Wildman–Crippen LogP) is 4.80. The molecule has 0 amide bonds. The molecule has 1 aliphatic rings. The third-order valence-electron chi connectivity index (χ3n) is 4.09. The minimum Gasteiger partial charge on any atom is -0.388 e. The molecule has 1 unspecified atom stereocenters. The van der Waals surface area contributed by atoms with Gasteiger partial charge in [0.25, 0.3) is 0 Å². The second-order valence-corrected chi connectivity index (χ2v) is 7.38. The Morgan fingerprint density at radius 3 is 2.71 bits per heavy atom. The van der Waals surface area contributed by atoms with Gasteiger partial charge in [-0.15, -0.1) is 0 Å². The molecule has 0 spiro atoms. The molecule has 0 saturated heterocycles. The molecule has 1 saturated carbocycles. The number of hydrogen-bond acceptors (Lipinski definition) is 2. The van der Waals surface area contributed by atoms with Gasteiger partial charge in [-0.2, -0.15) is 5.10 Å². The van der Waals surface area contributed by atoms with Crippen LogP contribution in [0.5, 0.6) is 0 Å². The number of nitrogens with zero attached hydrogens (tertiary/aromatic N) is 2. The first-order chi connectivity index (χ1) is 10.1. The highest BCUT2D eigenvalue weighted by Gasteiger charge is 2.19. The fourth-order valence-electron chi connectivity index (χ4n) is 2.94. The largest absolute Gasteiger partial charge is 0.388 e. The lowest BCUT2D eigenvalue weighted by atomic mass is 10.1. The van der Waals surface area contributed by atoms with Crippen molar-refractivity contribution in [2.45, 2.75) is 44.2 Å². The molecule has 112 valence electrons. The fraction of sp³-hybridized carbons (Fsp3) is 0.438. The van der Waals surface area contributed by atoms with Crippen LogP contribution in [0.15, 0.2) is 39.4 Å². The highest BCUT2D eigenvalue weighted by molar-refractivity contribution is 9.11. The molecule has 0 radical (unpaired) electrons. The summed E-state index contributed by atoms with van der Waals surface area (Å²) in [6.07, 6.45) is 7.10. The molecule has 1 aromatic heterocycles. The summed E-state index contributed by atoms with van der Waals surface area (Å²) in [5, 5.41) is 15.1. The summed E-state index contributed by atoms with van der Waals surface area (Å²) < 4.78 is 3.99. The van der Waals surface area contributed by atoms with Crippen molar-refractivity contribution in [3.8, 4) is 0 Å². The normalized spacial score (nSPS) is 17.3. The second kappa shape index (κ2) is 6.63. The van der Waals surface area contributed by atoms with E-state index in [4.69, 9.17) is 0 Å². The third-order valence-corrected chi connectivity index (χ3v) is 5.27. The van der Waals surface area contributed by atoms with Crippen molar-refractivity contribution in [3.63, 3.8) is 0 Å². The Hall–Kier alpha value is -0.650. The summed E-state index contributed by atoms with van der Waals surface area (Å²) in [5.74, 6) is 0. The van der Waals surface area contributed by atoms with Gasteiger partial charge in [-0.05, 0) is 36.6 Å². The summed E-state index contributed by atoms with van der Waals surface area (Å²) in [6, 6.07) is 8.41. The zero-order valence-electron chi connectivity index (χ0n) is 11.7. The molecule has 1 aliphatic carbocycles. The van der Waals surface area contributed by atoms with Crippen LogP contribution in [-0.4, -0.2) is 14.9 Å². The molecule has 3 nitrogen and oxygen atoms in total. The van der Waals surface area contributed by atoms with Gasteiger partial charge in [-0.3, -0.25) is 4.68 Å². The van der Waals surface area contributed by atoms with E-state index in [1.165, 1.54) is 25.7 Å². The van der Waals surface area contributed by atoms with E-state index in [1.807, 2.05) is 24.3 Å². The van der Waals surface area contributed by atoms with Crippen molar-refractivity contribution in [1.82, 2.24) is 9.78 Å². The van der Waals surface area contributed by atoms with E-state index in [-0.39, 0.29) is 0 Å². The molecule has 1 fully saturated rings. The summed E-state index contributed by atoms with van der Waals surface area (Å²) in [6.45, 7) is 0. The van der Waals surface area contributed by atoms with E-state index >= 15 is 0 Å². The third kappa shape index (κ3) is 3.58. The molecule has 1 atom stereocenters. The molecule has 0 aliphatic heterocycles. The first-order valence-corrected chi connectivity index (χ1v) is 8.89. The maximum absolute atomic E-state index is 10.4. The summed E-state index contributed by atoms with van der Waals surface area (Å²) >= 11 is 6.93. The van der Waals surface area contributed by atoms with E-state index < -0.39 is 6.10 Å². The maximum Gasteiger partial charge on any atom is 0.0857 e. The topological polar surface area (TPSA) is 38.0 Å². The quantitative estimate of drug-likeness (QED) is 0.781. The van der Waals surface area contributed by atoms with Crippen LogP contribution in [0.3, 0.4) is 0 Å². The lowest BCUT2D eigenvalue weighted by molar-refractivity contribution is 0.176. The second-order valence-electron chi connectivity index (χ2n) is 5.61. The van der Waals surface area contributed by atoms with E-state index in [2.05, 4.69) is 47.8 Å². The number of rotatable bonds is 4. The monoisotopic (exact) mass is 412 g/mol. The number of hydrogen-bond donors (Lipinski definition) is 1. The van der Waals surface area contributed by atoms with Gasteiger partial charge in [0.05, 0.1) is 17.8 Å². The smallest absolute Gasteiger partial charge is 0.0857 e. The van der Waals surface area contributed by atoms with Gasteiger partial charge < -0.3 is 5.11 Å². The van der Waals surface area contributed by atoms with E-state index in [1.54, 1.807) is 0 Å². The number of aromatic nitrogens is 2. The first kappa shape index (κ1) is 15.3. The molecule has 1 aromatic carbocycles. The van der Waals surface area contributed by atoms with Gasteiger partial charge in [0.15, 0.2) is 0 Å². The molecular weight excluding hydrogens is 396 g/mol. The minimum absolute atomic E-state index is 0.542. The van der Waals surface area contributed by atoms with Gasteiger partial charge in [0, 0.05) is 21.6 Å². The van der Waals surface area contributed by atoms with Crippen molar-refractivity contribution in [3.05, 3.63) is 50.7 Å². The molecule has 21 heavy (non-hydrogen) atoms. The Morgan fingerprint density at radius 1 is 1.24 bits per heavy atom. The fourth-order valence-corrected chi connectivity index (χ4v) is 4.25. The van der Waals surface area contributed by atoms with Crippen LogP contribution in [0, 0.1) is 0 Å². The van der Waals surface area contributed by atoms with Crippen LogP contribution in [0.2, 0.25) is 0 Å². The number of halogens is 2. The Labute approximate surface area is 141 Å². The highest BCUT2D eigenvalue weighted by atomic mass is 79.9. The van der Waals surface area contributed by atoms with Crippen LogP contribution in [0.4, 0.5) is 0 Å². The first-order valence-electron chi connectivity index (χ1n) is 7.30. The lowest BCUT2D eigenvalue weighted by Crippen LogP contribution is -2.07. The Bertz CT molecular complexity index is 620. The van der Waals surface area contributed by atoms with Gasteiger partial charge in [-0.1, -0.05) is 50.8 Å². The zero-order chi connectivity index (χ0) is 14.8. The van der Waals surface area contributed by atoms with E-state index in [0.717, 1.165) is 20.2 Å². The molecule has 1 heterocycles. The van der Waals surface area contributed by atoms with Crippen molar-refractivity contribution in [2.24, 2.45) is 0 Å². The average molecular weight is 414 g/mol. The molecule has 1 N–H and O–H groups in total. The van der Waals surface area contributed by atoms with Crippen LogP contribution in [0.25, 0.3) is 0 Å². The van der Waals surface area contributed by atoms with Crippen LogP contribution < -0.4 is 0 Å². The molecule has 3 rings (SSSR count). The zero-order valence-corrected chi connectivity index (χ0v) is 14.8. The van der Waals surface area contributed by atoms with Crippen molar-refractivity contribution < 1.29 is 5.11 Å². The maximum atomic E-state index is 10.4. The van der Waals surface area contributed by atoms with E-state index in [9.17, 15) is 5.11 Å². The summed E-state index contributed by atoms with van der Waals surface area (Å²) in [5.41, 5.74) is 1.85. The van der Waals surface area contributed by atoms with Gasteiger partial charge in [0.1, 0.15) is 0 Å². The van der Waals surface area contributed by atoms with Gasteiger partial charge in [0.2, 0.25) is 0 Å². The van der Waals surface area contributed by atoms with Gasteiger partial charge in [-0.25, -0.2) is 0 Å². The van der Waals surface area contributed by atoms with Crippen molar-refractivity contribution in [2.75, 3.05) is 0 Å². The summed E-state index contributed by atoms with van der Waals surface area (Å²) in [7, 11) is 0. The molecular formula is C16H18Br2N2O. The number of benzene rings is 1. The molecule has 0 bridgehead atoms. The standard InChI is InChI=1S/C16H18Br2N2O/c17-11-5-6-14(15(18)9-11)16(21)10-12-7-8-20(19-12)13-3-1-2-4-13/h5-9,13,16,21H,1-4,10H2. The number of aliphatic hydroxyl groups is 1. The van der Waals surface area contributed by atoms with E-state index in [0.29, 0.717) is 12.5 Å². The minimum atomic E-state index is -0.542.